The van der Waals surface area contributed by atoms with Crippen molar-refractivity contribution in [3.8, 4) is 0 Å². The van der Waals surface area contributed by atoms with Crippen molar-refractivity contribution in [2.75, 3.05) is 0 Å². The molecule has 1 aromatic carbocycles. The molecule has 1 aliphatic heterocycles. The molecule has 0 aromatic heterocycles. The Morgan fingerprint density at radius 1 is 1.44 bits per heavy atom. The molecule has 2 rings (SSSR count). The predicted octanol–water partition coefficient (Wildman–Crippen LogP) is -0.309. The van der Waals surface area contributed by atoms with Gasteiger partial charge in [-0.25, -0.2) is 0 Å². The maximum absolute atomic E-state index is 11.9. The van der Waals surface area contributed by atoms with Gasteiger partial charge in [0.1, 0.15) is 6.04 Å². The first-order valence-corrected chi connectivity index (χ1v) is 5.98. The van der Waals surface area contributed by atoms with Gasteiger partial charge in [-0.1, -0.05) is 24.3 Å². The van der Waals surface area contributed by atoms with E-state index in [1.54, 1.807) is 6.92 Å². The van der Waals surface area contributed by atoms with E-state index < -0.39 is 12.1 Å². The third-order valence-electron chi connectivity index (χ3n) is 3.04. The van der Waals surface area contributed by atoms with Crippen molar-refractivity contribution in [1.29, 1.82) is 0 Å². The van der Waals surface area contributed by atoms with Crippen LogP contribution in [0, 0.1) is 0 Å². The van der Waals surface area contributed by atoms with Crippen molar-refractivity contribution in [1.82, 2.24) is 10.6 Å². The molecular formula is C13H17N3O2. The third-order valence-corrected chi connectivity index (χ3v) is 3.04. The summed E-state index contributed by atoms with van der Waals surface area (Å²) in [5.41, 5.74) is 7.65. The second kappa shape index (κ2) is 5.18. The second-order valence-corrected chi connectivity index (χ2v) is 4.54. The van der Waals surface area contributed by atoms with Gasteiger partial charge in [0.15, 0.2) is 0 Å². The van der Waals surface area contributed by atoms with E-state index in [9.17, 15) is 9.59 Å². The summed E-state index contributed by atoms with van der Waals surface area (Å²) in [5.74, 6) is -0.477. The summed E-state index contributed by atoms with van der Waals surface area (Å²) in [7, 11) is 0. The van der Waals surface area contributed by atoms with Gasteiger partial charge in [0.05, 0.1) is 6.04 Å². The van der Waals surface area contributed by atoms with Crippen LogP contribution in [0.1, 0.15) is 18.1 Å². The van der Waals surface area contributed by atoms with Gasteiger partial charge in [-0.05, 0) is 18.1 Å². The molecule has 2 atom stereocenters. The van der Waals surface area contributed by atoms with Crippen LogP contribution < -0.4 is 16.4 Å². The normalized spacial score (nSPS) is 20.3. The number of nitrogens with one attached hydrogen (secondary N) is 2. The van der Waals surface area contributed by atoms with Gasteiger partial charge in [0, 0.05) is 13.0 Å². The van der Waals surface area contributed by atoms with Crippen LogP contribution in [0.25, 0.3) is 0 Å². The van der Waals surface area contributed by atoms with Gasteiger partial charge in [-0.2, -0.15) is 0 Å². The highest BCUT2D eigenvalue weighted by atomic mass is 16.2. The van der Waals surface area contributed by atoms with Gasteiger partial charge in [0.25, 0.3) is 0 Å². The van der Waals surface area contributed by atoms with Gasteiger partial charge >= 0.3 is 0 Å². The molecule has 4 N–H and O–H groups in total. The molecule has 18 heavy (non-hydrogen) atoms. The molecule has 5 nitrogen and oxygen atoms in total. The van der Waals surface area contributed by atoms with Gasteiger partial charge in [-0.3, -0.25) is 9.59 Å². The van der Waals surface area contributed by atoms with Crippen molar-refractivity contribution >= 4 is 11.8 Å². The first-order valence-electron chi connectivity index (χ1n) is 5.98. The summed E-state index contributed by atoms with van der Waals surface area (Å²) in [6.07, 6.45) is 0.500. The Labute approximate surface area is 106 Å². The van der Waals surface area contributed by atoms with Crippen LogP contribution in [-0.2, 0) is 22.6 Å². The van der Waals surface area contributed by atoms with E-state index in [4.69, 9.17) is 5.73 Å². The summed E-state index contributed by atoms with van der Waals surface area (Å²) >= 11 is 0. The summed E-state index contributed by atoms with van der Waals surface area (Å²) in [4.78, 5) is 23.4. The molecule has 2 amide bonds. The highest BCUT2D eigenvalue weighted by Crippen LogP contribution is 2.14. The number of carbonyl (C=O) groups is 2. The zero-order chi connectivity index (χ0) is 13.1. The van der Waals surface area contributed by atoms with E-state index in [1.165, 1.54) is 0 Å². The summed E-state index contributed by atoms with van der Waals surface area (Å²) in [6.45, 7) is 2.09. The minimum atomic E-state index is -0.615. The van der Waals surface area contributed by atoms with Crippen molar-refractivity contribution in [3.05, 3.63) is 35.4 Å². The molecule has 0 fully saturated rings. The SMILES string of the molecule is CC(N)C(=O)N[C@H]1Cc2ccccc2CNC1=O. The Balaban J connectivity index is 2.16. The number of hydrogen-bond acceptors (Lipinski definition) is 3. The number of carbonyl (C=O) groups excluding carboxylic acids is 2. The molecule has 96 valence electrons. The highest BCUT2D eigenvalue weighted by molar-refractivity contribution is 5.90. The monoisotopic (exact) mass is 247 g/mol. The predicted molar refractivity (Wildman–Crippen MR) is 67.6 cm³/mol. The third kappa shape index (κ3) is 2.68. The largest absolute Gasteiger partial charge is 0.350 e. The second-order valence-electron chi connectivity index (χ2n) is 4.54. The lowest BCUT2D eigenvalue weighted by Gasteiger charge is -2.17. The number of amides is 2. The Morgan fingerprint density at radius 2 is 2.11 bits per heavy atom. The summed E-state index contributed by atoms with van der Waals surface area (Å²) in [6, 6.07) is 6.65. The average molecular weight is 247 g/mol. The van der Waals surface area contributed by atoms with E-state index >= 15 is 0 Å². The number of benzene rings is 1. The first kappa shape index (κ1) is 12.6. The van der Waals surface area contributed by atoms with Crippen LogP contribution in [-0.4, -0.2) is 23.9 Å². The Hall–Kier alpha value is -1.88. The molecule has 5 heteroatoms. The van der Waals surface area contributed by atoms with Crippen molar-refractivity contribution in [3.63, 3.8) is 0 Å². The molecule has 1 unspecified atom stereocenters. The van der Waals surface area contributed by atoms with Crippen LogP contribution >= 0.6 is 0 Å². The van der Waals surface area contributed by atoms with Crippen LogP contribution in [0.15, 0.2) is 24.3 Å². The van der Waals surface area contributed by atoms with Crippen LogP contribution in [0.3, 0.4) is 0 Å². The molecule has 0 aliphatic carbocycles. The van der Waals surface area contributed by atoms with Crippen LogP contribution in [0.5, 0.6) is 0 Å². The molecule has 0 saturated carbocycles. The Bertz CT molecular complexity index is 471. The smallest absolute Gasteiger partial charge is 0.243 e. The van der Waals surface area contributed by atoms with E-state index in [1.807, 2.05) is 24.3 Å². The van der Waals surface area contributed by atoms with Gasteiger partial charge in [0.2, 0.25) is 11.8 Å². The van der Waals surface area contributed by atoms with Crippen molar-refractivity contribution < 1.29 is 9.59 Å². The molecule has 0 saturated heterocycles. The Kier molecular flexibility index (Phi) is 3.62. The van der Waals surface area contributed by atoms with Crippen LogP contribution in [0.2, 0.25) is 0 Å². The Morgan fingerprint density at radius 3 is 2.78 bits per heavy atom. The number of nitrogens with two attached hydrogens (primary N) is 1. The molecule has 0 spiro atoms. The summed E-state index contributed by atoms with van der Waals surface area (Å²) < 4.78 is 0. The summed E-state index contributed by atoms with van der Waals surface area (Å²) in [5, 5.41) is 5.47. The van der Waals surface area contributed by atoms with Gasteiger partial charge < -0.3 is 16.4 Å². The van der Waals surface area contributed by atoms with Crippen LogP contribution in [0.4, 0.5) is 0 Å². The molecule has 0 bridgehead atoms. The fourth-order valence-electron chi connectivity index (χ4n) is 1.97. The minimum absolute atomic E-state index is 0.166. The lowest BCUT2D eigenvalue weighted by molar-refractivity contribution is -0.129. The molecule has 1 heterocycles. The zero-order valence-corrected chi connectivity index (χ0v) is 10.3. The number of rotatable bonds is 2. The van der Waals surface area contributed by atoms with E-state index in [0.717, 1.165) is 11.1 Å². The molecular weight excluding hydrogens is 230 g/mol. The number of fused-ring (bicyclic) bond motifs is 1. The quantitative estimate of drug-likeness (QED) is 0.670. The topological polar surface area (TPSA) is 84.2 Å². The van der Waals surface area contributed by atoms with E-state index in [-0.39, 0.29) is 11.8 Å². The fraction of sp³-hybridized carbons (Fsp3) is 0.385. The lowest BCUT2D eigenvalue weighted by Crippen LogP contribution is -2.50. The fourth-order valence-corrected chi connectivity index (χ4v) is 1.97. The maximum atomic E-state index is 11.9. The molecule has 1 aromatic rings. The number of hydrogen-bond donors (Lipinski definition) is 3. The zero-order valence-electron chi connectivity index (χ0n) is 10.3. The average Bonchev–Trinajstić information content (AvgIpc) is 2.50. The maximum Gasteiger partial charge on any atom is 0.243 e. The lowest BCUT2D eigenvalue weighted by atomic mass is 10.0. The minimum Gasteiger partial charge on any atom is -0.350 e. The highest BCUT2D eigenvalue weighted by Gasteiger charge is 2.25. The molecule has 1 aliphatic rings. The van der Waals surface area contributed by atoms with E-state index in [0.29, 0.717) is 13.0 Å². The van der Waals surface area contributed by atoms with Crippen molar-refractivity contribution in [2.45, 2.75) is 32.0 Å². The van der Waals surface area contributed by atoms with Gasteiger partial charge in [-0.15, -0.1) is 0 Å². The van der Waals surface area contributed by atoms with E-state index in [2.05, 4.69) is 10.6 Å². The molecule has 0 radical (unpaired) electrons. The van der Waals surface area contributed by atoms with Crippen molar-refractivity contribution in [2.24, 2.45) is 5.73 Å². The first-order chi connectivity index (χ1) is 8.58. The standard InChI is InChI=1S/C13H17N3O2/c1-8(14)12(17)16-11-6-9-4-2-3-5-10(9)7-15-13(11)18/h2-5,8,11H,6-7,14H2,1H3,(H,15,18)(H,16,17)/t8?,11-/m0/s1.